The lowest BCUT2D eigenvalue weighted by Gasteiger charge is -2.42. The van der Waals surface area contributed by atoms with Crippen LogP contribution in [-0.4, -0.2) is 88.7 Å². The Kier molecular flexibility index (Phi) is 7.31. The third kappa shape index (κ3) is 6.14. The number of carbonyl (C=O) groups excluding carboxylic acids is 1. The van der Waals surface area contributed by atoms with Crippen molar-refractivity contribution < 1.29 is 14.5 Å². The Morgan fingerprint density at radius 2 is 1.80 bits per heavy atom. The van der Waals surface area contributed by atoms with Crippen molar-refractivity contribution in [3.63, 3.8) is 0 Å². The fourth-order valence-electron chi connectivity index (χ4n) is 4.13. The standard InChI is InChI=1S/C23H32N8O4/c1-23(2,3)30-10-8-28(9-11-30)20-5-4-18(31(33)34)21(27-20)25-17-6-7-24-19(16-17)26-22(32)29-12-14-35-15-13-29/h4-7,16H,8-15H2,1-3H3,(H2,24,25,26,27,32). The van der Waals surface area contributed by atoms with Crippen molar-refractivity contribution in [1.29, 1.82) is 0 Å². The molecule has 4 rings (SSSR count). The van der Waals surface area contributed by atoms with Crippen molar-refractivity contribution in [3.8, 4) is 0 Å². The number of pyridine rings is 2. The third-order valence-corrected chi connectivity index (χ3v) is 6.16. The minimum Gasteiger partial charge on any atom is -0.378 e. The minimum atomic E-state index is -0.459. The van der Waals surface area contributed by atoms with Crippen molar-refractivity contribution in [2.45, 2.75) is 26.3 Å². The molecule has 0 unspecified atom stereocenters. The van der Waals surface area contributed by atoms with Gasteiger partial charge in [0.1, 0.15) is 11.6 Å². The summed E-state index contributed by atoms with van der Waals surface area (Å²) in [6.07, 6.45) is 1.53. The van der Waals surface area contributed by atoms with Gasteiger partial charge in [-0.3, -0.25) is 20.3 Å². The van der Waals surface area contributed by atoms with Crippen LogP contribution in [0.2, 0.25) is 0 Å². The topological polar surface area (TPSA) is 129 Å². The van der Waals surface area contributed by atoms with Gasteiger partial charge in [0.25, 0.3) is 0 Å². The molecule has 2 amide bonds. The first-order valence-corrected chi connectivity index (χ1v) is 11.7. The highest BCUT2D eigenvalue weighted by atomic mass is 16.6. The summed E-state index contributed by atoms with van der Waals surface area (Å²) >= 11 is 0. The summed E-state index contributed by atoms with van der Waals surface area (Å²) in [5.74, 6) is 1.16. The van der Waals surface area contributed by atoms with E-state index in [2.05, 4.69) is 51.2 Å². The number of hydrogen-bond acceptors (Lipinski definition) is 9. The maximum atomic E-state index is 12.5. The van der Waals surface area contributed by atoms with Gasteiger partial charge in [-0.05, 0) is 32.9 Å². The van der Waals surface area contributed by atoms with E-state index in [0.29, 0.717) is 43.6 Å². The van der Waals surface area contributed by atoms with Gasteiger partial charge in [-0.2, -0.15) is 0 Å². The summed E-state index contributed by atoms with van der Waals surface area (Å²) in [4.78, 5) is 38.7. The molecule has 0 spiro atoms. The number of urea groups is 1. The van der Waals surface area contributed by atoms with E-state index in [1.165, 1.54) is 12.3 Å². The molecule has 2 aliphatic rings. The van der Waals surface area contributed by atoms with Crippen molar-refractivity contribution >= 4 is 34.9 Å². The molecule has 2 N–H and O–H groups in total. The molecule has 2 fully saturated rings. The molecule has 2 aromatic rings. The van der Waals surface area contributed by atoms with Crippen LogP contribution in [0.15, 0.2) is 30.5 Å². The van der Waals surface area contributed by atoms with Crippen molar-refractivity contribution in [2.24, 2.45) is 0 Å². The van der Waals surface area contributed by atoms with E-state index >= 15 is 0 Å². The number of nitro groups is 1. The number of ether oxygens (including phenoxy) is 1. The Labute approximate surface area is 204 Å². The van der Waals surface area contributed by atoms with E-state index in [1.54, 1.807) is 23.1 Å². The average Bonchev–Trinajstić information content (AvgIpc) is 2.84. The highest BCUT2D eigenvalue weighted by Crippen LogP contribution is 2.30. The SMILES string of the molecule is CC(C)(C)N1CCN(c2ccc([N+](=O)[O-])c(Nc3ccnc(NC(=O)N4CCOCC4)c3)n2)CC1. The molecule has 12 heteroatoms. The Balaban J connectivity index is 1.49. The molecule has 2 aliphatic heterocycles. The van der Waals surface area contributed by atoms with Crippen LogP contribution in [0.1, 0.15) is 20.8 Å². The molecule has 2 aromatic heterocycles. The summed E-state index contributed by atoms with van der Waals surface area (Å²) < 4.78 is 5.27. The van der Waals surface area contributed by atoms with Gasteiger partial charge < -0.3 is 19.9 Å². The summed E-state index contributed by atoms with van der Waals surface area (Å²) in [6.45, 7) is 12.0. The van der Waals surface area contributed by atoms with E-state index < -0.39 is 4.92 Å². The van der Waals surface area contributed by atoms with Crippen molar-refractivity contribution in [3.05, 3.63) is 40.6 Å². The Morgan fingerprint density at radius 3 is 2.46 bits per heavy atom. The molecule has 0 radical (unpaired) electrons. The van der Waals surface area contributed by atoms with Crippen LogP contribution in [0, 0.1) is 10.1 Å². The molecule has 0 atom stereocenters. The number of amides is 2. The van der Waals surface area contributed by atoms with Gasteiger partial charge in [-0.1, -0.05) is 0 Å². The monoisotopic (exact) mass is 484 g/mol. The van der Waals surface area contributed by atoms with Crippen LogP contribution in [-0.2, 0) is 4.74 Å². The summed E-state index contributed by atoms with van der Waals surface area (Å²) in [7, 11) is 0. The molecule has 0 aliphatic carbocycles. The molecule has 0 aromatic carbocycles. The smallest absolute Gasteiger partial charge is 0.323 e. The van der Waals surface area contributed by atoms with Crippen LogP contribution in [0.3, 0.4) is 0 Å². The lowest BCUT2D eigenvalue weighted by Crippen LogP contribution is -2.53. The maximum Gasteiger partial charge on any atom is 0.323 e. The second-order valence-corrected chi connectivity index (χ2v) is 9.52. The molecule has 4 heterocycles. The highest BCUT2D eigenvalue weighted by molar-refractivity contribution is 5.89. The molecule has 2 saturated heterocycles. The van der Waals surface area contributed by atoms with Crippen LogP contribution in [0.5, 0.6) is 0 Å². The zero-order valence-corrected chi connectivity index (χ0v) is 20.4. The van der Waals surface area contributed by atoms with Crippen LogP contribution in [0.4, 0.5) is 33.6 Å². The number of hydrogen-bond donors (Lipinski definition) is 2. The zero-order valence-electron chi connectivity index (χ0n) is 20.4. The van der Waals surface area contributed by atoms with Gasteiger partial charge in [0.2, 0.25) is 5.82 Å². The van der Waals surface area contributed by atoms with Gasteiger partial charge >= 0.3 is 11.7 Å². The first-order valence-electron chi connectivity index (χ1n) is 11.7. The summed E-state index contributed by atoms with van der Waals surface area (Å²) in [5, 5.41) is 17.5. The number of piperazine rings is 1. The van der Waals surface area contributed by atoms with E-state index in [4.69, 9.17) is 4.74 Å². The highest BCUT2D eigenvalue weighted by Gasteiger charge is 2.27. The number of aromatic nitrogens is 2. The van der Waals surface area contributed by atoms with E-state index in [0.717, 1.165) is 26.2 Å². The largest absolute Gasteiger partial charge is 0.378 e. The van der Waals surface area contributed by atoms with Crippen LogP contribution < -0.4 is 15.5 Å². The Morgan fingerprint density at radius 1 is 1.09 bits per heavy atom. The van der Waals surface area contributed by atoms with Crippen LogP contribution in [0.25, 0.3) is 0 Å². The predicted octanol–water partition coefficient (Wildman–Crippen LogP) is 2.91. The van der Waals surface area contributed by atoms with E-state index in [9.17, 15) is 14.9 Å². The fourth-order valence-corrected chi connectivity index (χ4v) is 4.13. The van der Waals surface area contributed by atoms with E-state index in [1.807, 2.05) is 0 Å². The third-order valence-electron chi connectivity index (χ3n) is 6.16. The second kappa shape index (κ2) is 10.4. The first-order chi connectivity index (χ1) is 16.7. The second-order valence-electron chi connectivity index (χ2n) is 9.52. The number of nitrogens with zero attached hydrogens (tertiary/aromatic N) is 6. The van der Waals surface area contributed by atoms with Gasteiger partial charge in [-0.25, -0.2) is 14.8 Å². The zero-order chi connectivity index (χ0) is 25.0. The summed E-state index contributed by atoms with van der Waals surface area (Å²) in [6, 6.07) is 6.20. The van der Waals surface area contributed by atoms with Gasteiger partial charge in [0.15, 0.2) is 0 Å². The lowest BCUT2D eigenvalue weighted by atomic mass is 10.1. The first kappa shape index (κ1) is 24.6. The van der Waals surface area contributed by atoms with Gasteiger partial charge in [0, 0.05) is 68.8 Å². The number of morpholine rings is 1. The Hall–Kier alpha value is -3.51. The van der Waals surface area contributed by atoms with Crippen molar-refractivity contribution in [2.75, 3.05) is 68.0 Å². The summed E-state index contributed by atoms with van der Waals surface area (Å²) in [5.41, 5.74) is 0.498. The number of rotatable bonds is 5. The van der Waals surface area contributed by atoms with Gasteiger partial charge in [0.05, 0.1) is 18.1 Å². The Bertz CT molecular complexity index is 1060. The van der Waals surface area contributed by atoms with Gasteiger partial charge in [-0.15, -0.1) is 0 Å². The molecular weight excluding hydrogens is 452 g/mol. The fraction of sp³-hybridized carbons (Fsp3) is 0.522. The molecule has 35 heavy (non-hydrogen) atoms. The average molecular weight is 485 g/mol. The lowest BCUT2D eigenvalue weighted by molar-refractivity contribution is -0.384. The quantitative estimate of drug-likeness (QED) is 0.486. The minimum absolute atomic E-state index is 0.0952. The molecular formula is C23H32N8O4. The van der Waals surface area contributed by atoms with E-state index in [-0.39, 0.29) is 23.1 Å². The number of nitrogens with one attached hydrogen (secondary N) is 2. The van der Waals surface area contributed by atoms with Crippen molar-refractivity contribution in [1.82, 2.24) is 19.8 Å². The number of carbonyl (C=O) groups is 1. The molecule has 0 saturated carbocycles. The maximum absolute atomic E-state index is 12.5. The number of anilines is 4. The van der Waals surface area contributed by atoms with Crippen LogP contribution >= 0.6 is 0 Å². The predicted molar refractivity (Wildman–Crippen MR) is 133 cm³/mol. The molecule has 0 bridgehead atoms. The molecule has 188 valence electrons. The normalized spacial score (nSPS) is 17.2. The molecule has 12 nitrogen and oxygen atoms in total.